The smallest absolute Gasteiger partial charge is 0.337 e. The summed E-state index contributed by atoms with van der Waals surface area (Å²) in [5.74, 6) is 0.746. The molecule has 0 aliphatic rings. The summed E-state index contributed by atoms with van der Waals surface area (Å²) in [6.45, 7) is 0. The quantitative estimate of drug-likeness (QED) is 0.615. The van der Waals surface area contributed by atoms with Gasteiger partial charge in [0, 0.05) is 22.0 Å². The molecule has 0 bridgehead atoms. The second kappa shape index (κ2) is 7.76. The van der Waals surface area contributed by atoms with Gasteiger partial charge in [-0.25, -0.2) is 9.78 Å². The van der Waals surface area contributed by atoms with Crippen LogP contribution < -0.4 is 10.6 Å². The fourth-order valence-electron chi connectivity index (χ4n) is 2.14. The minimum Gasteiger partial charge on any atom is -0.465 e. The molecule has 3 aromatic rings. The van der Waals surface area contributed by atoms with Crippen molar-refractivity contribution in [2.75, 3.05) is 17.7 Å². The summed E-state index contributed by atoms with van der Waals surface area (Å²) in [5, 5.41) is 6.32. The lowest BCUT2D eigenvalue weighted by Gasteiger charge is -2.09. The number of nitrogens with zero attached hydrogens (tertiary/aromatic N) is 2. The zero-order valence-corrected chi connectivity index (χ0v) is 14.9. The van der Waals surface area contributed by atoms with Crippen molar-refractivity contribution in [1.82, 2.24) is 9.97 Å². The maximum atomic E-state index is 11.4. The molecule has 7 heteroatoms. The van der Waals surface area contributed by atoms with E-state index in [1.807, 2.05) is 24.3 Å². The number of rotatable bonds is 5. The number of hydrogen-bond acceptors (Lipinski definition) is 6. The van der Waals surface area contributed by atoms with Crippen LogP contribution in [0.15, 0.2) is 65.3 Å². The number of aromatic nitrogens is 2. The van der Waals surface area contributed by atoms with Crippen LogP contribution in [0.25, 0.3) is 0 Å². The van der Waals surface area contributed by atoms with E-state index in [-0.39, 0.29) is 5.97 Å². The van der Waals surface area contributed by atoms with Crippen LogP contribution in [0.3, 0.4) is 0 Å². The molecule has 0 fully saturated rings. The van der Waals surface area contributed by atoms with Gasteiger partial charge in [-0.1, -0.05) is 22.0 Å². The van der Waals surface area contributed by atoms with E-state index >= 15 is 0 Å². The Morgan fingerprint density at radius 1 is 1.04 bits per heavy atom. The normalized spacial score (nSPS) is 10.2. The van der Waals surface area contributed by atoms with E-state index in [4.69, 9.17) is 0 Å². The number of methoxy groups -OCH3 is 1. The van der Waals surface area contributed by atoms with Crippen molar-refractivity contribution >= 4 is 45.0 Å². The molecule has 0 radical (unpaired) electrons. The maximum absolute atomic E-state index is 11.4. The van der Waals surface area contributed by atoms with Crippen molar-refractivity contribution in [3.05, 3.63) is 70.8 Å². The second-order valence-corrected chi connectivity index (χ2v) is 6.01. The van der Waals surface area contributed by atoms with Crippen molar-refractivity contribution in [2.45, 2.75) is 0 Å². The molecule has 0 amide bonds. The molecule has 3 rings (SSSR count). The zero-order chi connectivity index (χ0) is 17.6. The number of halogens is 1. The van der Waals surface area contributed by atoms with E-state index in [1.54, 1.807) is 36.5 Å². The molecule has 0 aliphatic heterocycles. The van der Waals surface area contributed by atoms with Crippen molar-refractivity contribution in [3.8, 4) is 0 Å². The van der Waals surface area contributed by atoms with Gasteiger partial charge in [0.1, 0.15) is 5.82 Å². The molecule has 1 aromatic heterocycles. The Hall–Kier alpha value is -2.93. The molecule has 126 valence electrons. The van der Waals surface area contributed by atoms with Crippen LogP contribution in [-0.4, -0.2) is 23.0 Å². The molecular formula is C18H15BrN4O2. The van der Waals surface area contributed by atoms with Crippen LogP contribution >= 0.6 is 15.9 Å². The third-order valence-electron chi connectivity index (χ3n) is 3.31. The van der Waals surface area contributed by atoms with Crippen LogP contribution in [0.2, 0.25) is 0 Å². The summed E-state index contributed by atoms with van der Waals surface area (Å²) in [6, 6.07) is 16.5. The average molecular weight is 399 g/mol. The Kier molecular flexibility index (Phi) is 5.25. The predicted molar refractivity (Wildman–Crippen MR) is 101 cm³/mol. The molecule has 2 N–H and O–H groups in total. The standard InChI is InChI=1S/C18H15BrN4O2/c1-25-17(24)12-5-7-14(8-6-12)22-18-20-10-9-16(23-18)21-15-4-2-3-13(19)11-15/h2-11H,1H3,(H2,20,21,22,23). The molecule has 6 nitrogen and oxygen atoms in total. The first kappa shape index (κ1) is 16.9. The highest BCUT2D eigenvalue weighted by molar-refractivity contribution is 9.10. The van der Waals surface area contributed by atoms with Gasteiger partial charge in [-0.2, -0.15) is 4.98 Å². The topological polar surface area (TPSA) is 76.1 Å². The number of ether oxygens (including phenoxy) is 1. The van der Waals surface area contributed by atoms with Gasteiger partial charge < -0.3 is 15.4 Å². The van der Waals surface area contributed by atoms with Gasteiger partial charge in [0.25, 0.3) is 0 Å². The SMILES string of the molecule is COC(=O)c1ccc(Nc2nccc(Nc3cccc(Br)c3)n2)cc1. The molecule has 0 spiro atoms. The van der Waals surface area contributed by atoms with Crippen LogP contribution in [0.4, 0.5) is 23.1 Å². The number of anilines is 4. The summed E-state index contributed by atoms with van der Waals surface area (Å²) in [4.78, 5) is 20.1. The second-order valence-electron chi connectivity index (χ2n) is 5.09. The molecule has 0 unspecified atom stereocenters. The molecule has 1 heterocycles. The molecule has 0 saturated heterocycles. The third kappa shape index (κ3) is 4.54. The number of nitrogens with one attached hydrogen (secondary N) is 2. The van der Waals surface area contributed by atoms with E-state index in [0.29, 0.717) is 17.3 Å². The molecule has 0 aliphatic carbocycles. The number of esters is 1. The highest BCUT2D eigenvalue weighted by Gasteiger charge is 2.05. The maximum Gasteiger partial charge on any atom is 0.337 e. The molecular weight excluding hydrogens is 384 g/mol. The lowest BCUT2D eigenvalue weighted by Crippen LogP contribution is -2.02. The van der Waals surface area contributed by atoms with Crippen LogP contribution in [0.5, 0.6) is 0 Å². The molecule has 0 saturated carbocycles. The number of carbonyl (C=O) groups is 1. The number of benzene rings is 2. The Morgan fingerprint density at radius 2 is 1.84 bits per heavy atom. The molecule has 25 heavy (non-hydrogen) atoms. The molecule has 2 aromatic carbocycles. The fourth-order valence-corrected chi connectivity index (χ4v) is 2.54. The summed E-state index contributed by atoms with van der Waals surface area (Å²) < 4.78 is 5.66. The van der Waals surface area contributed by atoms with Crippen LogP contribution in [-0.2, 0) is 4.74 Å². The van der Waals surface area contributed by atoms with Crippen molar-refractivity contribution in [1.29, 1.82) is 0 Å². The summed E-state index contributed by atoms with van der Waals surface area (Å²) in [5.41, 5.74) is 2.17. The number of hydrogen-bond donors (Lipinski definition) is 2. The zero-order valence-electron chi connectivity index (χ0n) is 13.4. The van der Waals surface area contributed by atoms with Gasteiger partial charge in [0.15, 0.2) is 0 Å². The fraction of sp³-hybridized carbons (Fsp3) is 0.0556. The lowest BCUT2D eigenvalue weighted by atomic mass is 10.2. The molecule has 0 atom stereocenters. The first-order chi connectivity index (χ1) is 12.1. The predicted octanol–water partition coefficient (Wildman–Crippen LogP) is 4.51. The van der Waals surface area contributed by atoms with E-state index in [0.717, 1.165) is 15.8 Å². The Bertz CT molecular complexity index is 884. The van der Waals surface area contributed by atoms with Gasteiger partial charge in [-0.3, -0.25) is 0 Å². The Balaban J connectivity index is 1.72. The van der Waals surface area contributed by atoms with Gasteiger partial charge in [0.2, 0.25) is 5.95 Å². The van der Waals surface area contributed by atoms with Crippen molar-refractivity contribution in [3.63, 3.8) is 0 Å². The van der Waals surface area contributed by atoms with Crippen molar-refractivity contribution in [2.24, 2.45) is 0 Å². The van der Waals surface area contributed by atoms with E-state index in [2.05, 4.69) is 41.3 Å². The monoisotopic (exact) mass is 398 g/mol. The van der Waals surface area contributed by atoms with Crippen LogP contribution in [0, 0.1) is 0 Å². The summed E-state index contributed by atoms with van der Waals surface area (Å²) >= 11 is 3.44. The van der Waals surface area contributed by atoms with Gasteiger partial charge in [-0.15, -0.1) is 0 Å². The Labute approximate surface area is 153 Å². The van der Waals surface area contributed by atoms with E-state index < -0.39 is 0 Å². The first-order valence-corrected chi connectivity index (χ1v) is 8.24. The van der Waals surface area contributed by atoms with E-state index in [1.165, 1.54) is 7.11 Å². The third-order valence-corrected chi connectivity index (χ3v) is 3.81. The van der Waals surface area contributed by atoms with Crippen molar-refractivity contribution < 1.29 is 9.53 Å². The van der Waals surface area contributed by atoms with Crippen LogP contribution in [0.1, 0.15) is 10.4 Å². The first-order valence-electron chi connectivity index (χ1n) is 7.45. The lowest BCUT2D eigenvalue weighted by molar-refractivity contribution is 0.0601. The summed E-state index contributed by atoms with van der Waals surface area (Å²) in [6.07, 6.45) is 1.67. The highest BCUT2D eigenvalue weighted by atomic mass is 79.9. The largest absolute Gasteiger partial charge is 0.465 e. The minimum atomic E-state index is -0.372. The minimum absolute atomic E-state index is 0.372. The number of carbonyl (C=O) groups excluding carboxylic acids is 1. The van der Waals surface area contributed by atoms with E-state index in [9.17, 15) is 4.79 Å². The highest BCUT2D eigenvalue weighted by Crippen LogP contribution is 2.20. The van der Waals surface area contributed by atoms with Gasteiger partial charge in [-0.05, 0) is 48.5 Å². The average Bonchev–Trinajstić information content (AvgIpc) is 2.62. The van der Waals surface area contributed by atoms with Gasteiger partial charge in [0.05, 0.1) is 12.7 Å². The van der Waals surface area contributed by atoms with Gasteiger partial charge >= 0.3 is 5.97 Å². The summed E-state index contributed by atoms with van der Waals surface area (Å²) in [7, 11) is 1.35. The Morgan fingerprint density at radius 3 is 2.56 bits per heavy atom.